The van der Waals surface area contributed by atoms with Crippen LogP contribution in [0.3, 0.4) is 0 Å². The van der Waals surface area contributed by atoms with Gasteiger partial charge in [-0.15, -0.1) is 0 Å². The highest BCUT2D eigenvalue weighted by Crippen LogP contribution is 2.23. The van der Waals surface area contributed by atoms with E-state index in [0.717, 1.165) is 30.6 Å². The van der Waals surface area contributed by atoms with Gasteiger partial charge in [0, 0.05) is 29.7 Å². The van der Waals surface area contributed by atoms with Crippen molar-refractivity contribution in [1.82, 2.24) is 14.7 Å². The van der Waals surface area contributed by atoms with E-state index in [1.165, 1.54) is 11.1 Å². The summed E-state index contributed by atoms with van der Waals surface area (Å²) in [4.78, 5) is 29.3. The van der Waals surface area contributed by atoms with Crippen LogP contribution in [0.15, 0.2) is 73.1 Å². The Morgan fingerprint density at radius 3 is 2.82 bits per heavy atom. The zero-order chi connectivity index (χ0) is 22.6. The SMILES string of the molecule is O=C(CNC(=O)c1ccc2c(c1)CCC2)Nc1cccc(OCc2cn3ccccc3n2)c1. The van der Waals surface area contributed by atoms with Gasteiger partial charge in [0.05, 0.1) is 12.2 Å². The summed E-state index contributed by atoms with van der Waals surface area (Å²) in [5.41, 5.74) is 5.40. The number of rotatable bonds is 7. The third-order valence-corrected chi connectivity index (χ3v) is 5.69. The van der Waals surface area contributed by atoms with Crippen LogP contribution in [0.1, 0.15) is 33.6 Å². The number of carbonyl (C=O) groups is 2. The monoisotopic (exact) mass is 440 g/mol. The van der Waals surface area contributed by atoms with Gasteiger partial charge in [0.25, 0.3) is 5.91 Å². The molecule has 0 atom stereocenters. The molecule has 33 heavy (non-hydrogen) atoms. The molecule has 7 nitrogen and oxygen atoms in total. The van der Waals surface area contributed by atoms with Crippen LogP contribution in [0, 0.1) is 0 Å². The number of nitrogens with one attached hydrogen (secondary N) is 2. The Morgan fingerprint density at radius 2 is 1.91 bits per heavy atom. The molecule has 0 saturated carbocycles. The number of nitrogens with zero attached hydrogens (tertiary/aromatic N) is 2. The predicted molar refractivity (Wildman–Crippen MR) is 125 cm³/mol. The third-order valence-electron chi connectivity index (χ3n) is 5.69. The summed E-state index contributed by atoms with van der Waals surface area (Å²) in [6, 6.07) is 18.7. The summed E-state index contributed by atoms with van der Waals surface area (Å²) in [5, 5.41) is 5.49. The molecule has 0 fully saturated rings. The van der Waals surface area contributed by atoms with Crippen LogP contribution in [0.4, 0.5) is 5.69 Å². The minimum atomic E-state index is -0.304. The highest BCUT2D eigenvalue weighted by molar-refractivity contribution is 5.99. The van der Waals surface area contributed by atoms with Crippen molar-refractivity contribution in [2.24, 2.45) is 0 Å². The van der Waals surface area contributed by atoms with Crippen molar-refractivity contribution in [3.8, 4) is 5.75 Å². The summed E-state index contributed by atoms with van der Waals surface area (Å²) < 4.78 is 7.78. The van der Waals surface area contributed by atoms with Gasteiger partial charge in [0.2, 0.25) is 5.91 Å². The molecule has 4 aromatic rings. The lowest BCUT2D eigenvalue weighted by atomic mass is 10.1. The number of ether oxygens (including phenoxy) is 1. The molecule has 2 heterocycles. The molecule has 166 valence electrons. The number of anilines is 1. The molecule has 2 aromatic carbocycles. The molecule has 0 radical (unpaired) electrons. The minimum Gasteiger partial charge on any atom is -0.487 e. The van der Waals surface area contributed by atoms with E-state index < -0.39 is 0 Å². The highest BCUT2D eigenvalue weighted by atomic mass is 16.5. The Hall–Kier alpha value is -4.13. The van der Waals surface area contributed by atoms with E-state index in [4.69, 9.17) is 4.74 Å². The molecule has 2 N–H and O–H groups in total. The smallest absolute Gasteiger partial charge is 0.251 e. The number of pyridine rings is 1. The number of amides is 2. The first-order chi connectivity index (χ1) is 16.1. The molecule has 0 bridgehead atoms. The van der Waals surface area contributed by atoms with Gasteiger partial charge in [0.1, 0.15) is 18.0 Å². The summed E-state index contributed by atoms with van der Waals surface area (Å²) in [7, 11) is 0. The predicted octanol–water partition coefficient (Wildman–Crippen LogP) is 3.77. The van der Waals surface area contributed by atoms with Gasteiger partial charge < -0.3 is 19.8 Å². The van der Waals surface area contributed by atoms with Gasteiger partial charge in [-0.2, -0.15) is 0 Å². The van der Waals surface area contributed by atoms with E-state index in [1.807, 2.05) is 59.3 Å². The quantitative estimate of drug-likeness (QED) is 0.458. The summed E-state index contributed by atoms with van der Waals surface area (Å²) in [5.74, 6) is 0.0680. The van der Waals surface area contributed by atoms with E-state index in [0.29, 0.717) is 23.6 Å². The lowest BCUT2D eigenvalue weighted by Crippen LogP contribution is -2.32. The van der Waals surface area contributed by atoms with Gasteiger partial charge in [-0.05, 0) is 66.8 Å². The molecule has 2 amide bonds. The molecule has 5 rings (SSSR count). The maximum atomic E-state index is 12.4. The zero-order valence-corrected chi connectivity index (χ0v) is 18.1. The molecule has 1 aliphatic carbocycles. The van der Waals surface area contributed by atoms with Crippen LogP contribution in [0.2, 0.25) is 0 Å². The number of aryl methyl sites for hydroxylation is 2. The van der Waals surface area contributed by atoms with E-state index in [-0.39, 0.29) is 18.4 Å². The van der Waals surface area contributed by atoms with Crippen molar-refractivity contribution in [1.29, 1.82) is 0 Å². The second-order valence-electron chi connectivity index (χ2n) is 8.08. The van der Waals surface area contributed by atoms with E-state index in [2.05, 4.69) is 15.6 Å². The average Bonchev–Trinajstić information content (AvgIpc) is 3.47. The lowest BCUT2D eigenvalue weighted by molar-refractivity contribution is -0.115. The van der Waals surface area contributed by atoms with Crippen molar-refractivity contribution in [2.45, 2.75) is 25.9 Å². The van der Waals surface area contributed by atoms with Gasteiger partial charge in [0.15, 0.2) is 0 Å². The van der Waals surface area contributed by atoms with Crippen LogP contribution < -0.4 is 15.4 Å². The van der Waals surface area contributed by atoms with Crippen LogP contribution in [-0.2, 0) is 24.2 Å². The first-order valence-corrected chi connectivity index (χ1v) is 11.0. The molecule has 0 aliphatic heterocycles. The minimum absolute atomic E-state index is 0.109. The molecule has 0 spiro atoms. The highest BCUT2D eigenvalue weighted by Gasteiger charge is 2.14. The Bertz CT molecular complexity index is 1300. The van der Waals surface area contributed by atoms with Crippen molar-refractivity contribution in [3.05, 3.63) is 95.4 Å². The van der Waals surface area contributed by atoms with Crippen molar-refractivity contribution in [2.75, 3.05) is 11.9 Å². The fourth-order valence-electron chi connectivity index (χ4n) is 4.06. The molecule has 1 aliphatic rings. The number of imidazole rings is 1. The van der Waals surface area contributed by atoms with Crippen LogP contribution in [-0.4, -0.2) is 27.7 Å². The van der Waals surface area contributed by atoms with Crippen molar-refractivity contribution >= 4 is 23.1 Å². The number of carbonyl (C=O) groups excluding carboxylic acids is 2. The fraction of sp³-hybridized carbons (Fsp3) is 0.192. The van der Waals surface area contributed by atoms with Gasteiger partial charge in [-0.25, -0.2) is 4.98 Å². The van der Waals surface area contributed by atoms with Crippen molar-refractivity contribution in [3.63, 3.8) is 0 Å². The Morgan fingerprint density at radius 1 is 1.00 bits per heavy atom. The number of hydrogen-bond donors (Lipinski definition) is 2. The molecule has 0 unspecified atom stereocenters. The maximum Gasteiger partial charge on any atom is 0.251 e. The molecular weight excluding hydrogens is 416 g/mol. The number of fused-ring (bicyclic) bond motifs is 2. The van der Waals surface area contributed by atoms with Crippen LogP contribution >= 0.6 is 0 Å². The van der Waals surface area contributed by atoms with Crippen molar-refractivity contribution < 1.29 is 14.3 Å². The maximum absolute atomic E-state index is 12.4. The summed E-state index contributed by atoms with van der Waals surface area (Å²) in [6.07, 6.45) is 7.06. The standard InChI is InChI=1S/C26H24N4O3/c31-25(15-27-26(32)20-11-10-18-5-3-6-19(18)13-20)29-21-7-4-8-23(14-21)33-17-22-16-30-12-2-1-9-24(30)28-22/h1-2,4,7-14,16H,3,5-6,15,17H2,(H,27,32)(H,29,31). The molecule has 0 saturated heterocycles. The Balaban J connectivity index is 1.14. The molecular formula is C26H24N4O3. The van der Waals surface area contributed by atoms with E-state index in [1.54, 1.807) is 18.2 Å². The van der Waals surface area contributed by atoms with Crippen LogP contribution in [0.5, 0.6) is 5.75 Å². The molecule has 7 heteroatoms. The van der Waals surface area contributed by atoms with E-state index >= 15 is 0 Å². The Labute approximate surface area is 191 Å². The van der Waals surface area contributed by atoms with E-state index in [9.17, 15) is 9.59 Å². The van der Waals surface area contributed by atoms with Gasteiger partial charge in [-0.1, -0.05) is 18.2 Å². The Kier molecular flexibility index (Phi) is 5.76. The average molecular weight is 441 g/mol. The number of benzene rings is 2. The number of aromatic nitrogens is 2. The third kappa shape index (κ3) is 4.87. The van der Waals surface area contributed by atoms with Gasteiger partial charge in [-0.3, -0.25) is 9.59 Å². The first-order valence-electron chi connectivity index (χ1n) is 11.0. The van der Waals surface area contributed by atoms with Gasteiger partial charge >= 0.3 is 0 Å². The zero-order valence-electron chi connectivity index (χ0n) is 18.1. The second-order valence-corrected chi connectivity index (χ2v) is 8.08. The second kappa shape index (κ2) is 9.16. The largest absolute Gasteiger partial charge is 0.487 e. The number of hydrogen-bond acceptors (Lipinski definition) is 4. The lowest BCUT2D eigenvalue weighted by Gasteiger charge is -2.10. The summed E-state index contributed by atoms with van der Waals surface area (Å²) in [6.45, 7) is 0.207. The normalized spacial score (nSPS) is 12.4. The first kappa shape index (κ1) is 20.8. The molecule has 2 aromatic heterocycles. The summed E-state index contributed by atoms with van der Waals surface area (Å²) >= 11 is 0. The fourth-order valence-corrected chi connectivity index (χ4v) is 4.06. The topological polar surface area (TPSA) is 84.7 Å². The van der Waals surface area contributed by atoms with Crippen LogP contribution in [0.25, 0.3) is 5.65 Å².